The van der Waals surface area contributed by atoms with Crippen molar-refractivity contribution in [1.82, 2.24) is 14.5 Å². The lowest BCUT2D eigenvalue weighted by molar-refractivity contribution is -0.142. The number of hydrogen-bond donors (Lipinski definition) is 1. The number of amides is 2. The standard InChI is InChI=1S/C25H39N3O5S/c1-3-4-18-33-19-6-14-26-24(29)23-7-5-15-28(23)25(30)21-12-16-27(17-13-21)34(31,32)22-10-8-20(2)9-11-22/h8-11,21,23H,3-7,12-19H2,1-2H3,(H,26,29). The van der Waals surface area contributed by atoms with Gasteiger partial charge in [0.2, 0.25) is 21.8 Å². The summed E-state index contributed by atoms with van der Waals surface area (Å²) in [5.74, 6) is -0.364. The quantitative estimate of drug-likeness (QED) is 0.478. The van der Waals surface area contributed by atoms with E-state index in [9.17, 15) is 18.0 Å². The number of sulfonamides is 1. The fourth-order valence-corrected chi connectivity index (χ4v) is 6.06. The summed E-state index contributed by atoms with van der Waals surface area (Å²) in [6.45, 7) is 7.16. The number of rotatable bonds is 11. The first kappa shape index (κ1) is 26.6. The minimum Gasteiger partial charge on any atom is -0.381 e. The second kappa shape index (κ2) is 12.7. The Labute approximate surface area is 204 Å². The second-order valence-corrected chi connectivity index (χ2v) is 11.2. The zero-order valence-electron chi connectivity index (χ0n) is 20.5. The Morgan fingerprint density at radius 2 is 1.71 bits per heavy atom. The van der Waals surface area contributed by atoms with Crippen LogP contribution < -0.4 is 5.32 Å². The summed E-state index contributed by atoms with van der Waals surface area (Å²) >= 11 is 0. The summed E-state index contributed by atoms with van der Waals surface area (Å²) in [6, 6.07) is 6.42. The topological polar surface area (TPSA) is 96.0 Å². The van der Waals surface area contributed by atoms with Crippen molar-refractivity contribution in [3.05, 3.63) is 29.8 Å². The zero-order valence-corrected chi connectivity index (χ0v) is 21.3. The molecule has 34 heavy (non-hydrogen) atoms. The molecule has 1 aromatic carbocycles. The molecule has 8 nitrogen and oxygen atoms in total. The van der Waals surface area contributed by atoms with E-state index in [1.807, 2.05) is 6.92 Å². The summed E-state index contributed by atoms with van der Waals surface area (Å²) in [7, 11) is -3.56. The third-order valence-corrected chi connectivity index (χ3v) is 8.62. The highest BCUT2D eigenvalue weighted by Crippen LogP contribution is 2.28. The van der Waals surface area contributed by atoms with Crippen molar-refractivity contribution < 1.29 is 22.7 Å². The summed E-state index contributed by atoms with van der Waals surface area (Å²) in [6.07, 6.45) is 5.33. The summed E-state index contributed by atoms with van der Waals surface area (Å²) in [5.41, 5.74) is 1.01. The summed E-state index contributed by atoms with van der Waals surface area (Å²) in [4.78, 5) is 27.9. The molecule has 2 aliphatic heterocycles. The molecule has 2 heterocycles. The number of nitrogens with zero attached hydrogens (tertiary/aromatic N) is 2. The van der Waals surface area contributed by atoms with Gasteiger partial charge in [0.05, 0.1) is 4.90 Å². The summed E-state index contributed by atoms with van der Waals surface area (Å²) < 4.78 is 32.9. The number of aryl methyl sites for hydroxylation is 1. The van der Waals surface area contributed by atoms with Crippen LogP contribution in [0.1, 0.15) is 57.4 Å². The Balaban J connectivity index is 1.47. The first-order valence-electron chi connectivity index (χ1n) is 12.6. The smallest absolute Gasteiger partial charge is 0.243 e. The molecule has 0 saturated carbocycles. The van der Waals surface area contributed by atoms with Crippen LogP contribution in [0.3, 0.4) is 0 Å². The van der Waals surface area contributed by atoms with Crippen molar-refractivity contribution >= 4 is 21.8 Å². The van der Waals surface area contributed by atoms with Gasteiger partial charge in [-0.05, 0) is 57.6 Å². The van der Waals surface area contributed by atoms with E-state index < -0.39 is 16.1 Å². The second-order valence-electron chi connectivity index (χ2n) is 9.29. The normalized spacial score (nSPS) is 19.9. The Morgan fingerprint density at radius 3 is 2.38 bits per heavy atom. The molecule has 0 aliphatic carbocycles. The van der Waals surface area contributed by atoms with Gasteiger partial charge in [0.15, 0.2) is 0 Å². The van der Waals surface area contributed by atoms with E-state index in [1.54, 1.807) is 29.2 Å². The van der Waals surface area contributed by atoms with Gasteiger partial charge in [0, 0.05) is 45.3 Å². The van der Waals surface area contributed by atoms with Gasteiger partial charge < -0.3 is 15.0 Å². The van der Waals surface area contributed by atoms with Gasteiger partial charge in [-0.25, -0.2) is 8.42 Å². The number of likely N-dealkylation sites (tertiary alicyclic amines) is 1. The van der Waals surface area contributed by atoms with Gasteiger partial charge in [-0.1, -0.05) is 31.0 Å². The number of carbonyl (C=O) groups is 2. The number of piperidine rings is 1. The Bertz CT molecular complexity index is 911. The van der Waals surface area contributed by atoms with E-state index in [0.717, 1.165) is 37.9 Å². The van der Waals surface area contributed by atoms with Crippen LogP contribution in [0.25, 0.3) is 0 Å². The predicted octanol–water partition coefficient (Wildman–Crippen LogP) is 2.71. The maximum absolute atomic E-state index is 13.2. The molecule has 2 amide bonds. The fraction of sp³-hybridized carbons (Fsp3) is 0.680. The van der Waals surface area contributed by atoms with E-state index in [1.165, 1.54) is 4.31 Å². The third-order valence-electron chi connectivity index (χ3n) is 6.71. The van der Waals surface area contributed by atoms with Gasteiger partial charge in [0.1, 0.15) is 6.04 Å². The van der Waals surface area contributed by atoms with E-state index >= 15 is 0 Å². The van der Waals surface area contributed by atoms with E-state index in [2.05, 4.69) is 12.2 Å². The molecule has 0 radical (unpaired) electrons. The minimum atomic E-state index is -3.56. The van der Waals surface area contributed by atoms with Crippen molar-refractivity contribution in [2.24, 2.45) is 5.92 Å². The molecule has 2 fully saturated rings. The van der Waals surface area contributed by atoms with Gasteiger partial charge in [-0.2, -0.15) is 4.31 Å². The molecule has 0 spiro atoms. The van der Waals surface area contributed by atoms with Crippen molar-refractivity contribution in [2.45, 2.75) is 69.7 Å². The average molecular weight is 494 g/mol. The highest BCUT2D eigenvalue weighted by atomic mass is 32.2. The zero-order chi connectivity index (χ0) is 24.6. The first-order valence-corrected chi connectivity index (χ1v) is 14.0. The number of benzene rings is 1. The van der Waals surface area contributed by atoms with Gasteiger partial charge >= 0.3 is 0 Å². The predicted molar refractivity (Wildman–Crippen MR) is 131 cm³/mol. The molecule has 9 heteroatoms. The van der Waals surface area contributed by atoms with Crippen molar-refractivity contribution in [1.29, 1.82) is 0 Å². The molecule has 1 N–H and O–H groups in total. The third kappa shape index (κ3) is 6.79. The highest BCUT2D eigenvalue weighted by molar-refractivity contribution is 7.89. The number of hydrogen-bond acceptors (Lipinski definition) is 5. The molecular formula is C25H39N3O5S. The van der Waals surface area contributed by atoms with Gasteiger partial charge in [-0.15, -0.1) is 0 Å². The fourth-order valence-electron chi connectivity index (χ4n) is 4.59. The van der Waals surface area contributed by atoms with E-state index in [0.29, 0.717) is 52.0 Å². The van der Waals surface area contributed by atoms with Gasteiger partial charge in [0.25, 0.3) is 0 Å². The van der Waals surface area contributed by atoms with Gasteiger partial charge in [-0.3, -0.25) is 9.59 Å². The van der Waals surface area contributed by atoms with Crippen molar-refractivity contribution in [3.63, 3.8) is 0 Å². The highest BCUT2D eigenvalue weighted by Gasteiger charge is 2.39. The molecule has 2 aliphatic rings. The monoisotopic (exact) mass is 493 g/mol. The van der Waals surface area contributed by atoms with Crippen LogP contribution in [0, 0.1) is 12.8 Å². The average Bonchev–Trinajstić information content (AvgIpc) is 3.33. The lowest BCUT2D eigenvalue weighted by Crippen LogP contribution is -2.50. The molecule has 2 saturated heterocycles. The van der Waals surface area contributed by atoms with E-state index in [-0.39, 0.29) is 22.6 Å². The van der Waals surface area contributed by atoms with Crippen LogP contribution in [0.5, 0.6) is 0 Å². The minimum absolute atomic E-state index is 0.0204. The Morgan fingerprint density at radius 1 is 1.03 bits per heavy atom. The molecule has 1 aromatic rings. The number of nitrogens with one attached hydrogen (secondary N) is 1. The lowest BCUT2D eigenvalue weighted by Gasteiger charge is -2.34. The molecule has 1 unspecified atom stereocenters. The van der Waals surface area contributed by atoms with E-state index in [4.69, 9.17) is 4.74 Å². The molecule has 3 rings (SSSR count). The molecule has 0 aromatic heterocycles. The van der Waals surface area contributed by atoms with Crippen LogP contribution in [0.4, 0.5) is 0 Å². The van der Waals surface area contributed by atoms with Crippen LogP contribution in [-0.4, -0.2) is 74.9 Å². The largest absolute Gasteiger partial charge is 0.381 e. The molecule has 190 valence electrons. The number of ether oxygens (including phenoxy) is 1. The summed E-state index contributed by atoms with van der Waals surface area (Å²) in [5, 5.41) is 2.95. The lowest BCUT2D eigenvalue weighted by atomic mass is 9.96. The van der Waals surface area contributed by atoms with Crippen LogP contribution in [0.2, 0.25) is 0 Å². The van der Waals surface area contributed by atoms with Crippen LogP contribution in [-0.2, 0) is 24.3 Å². The maximum Gasteiger partial charge on any atom is 0.243 e. The molecule has 0 bridgehead atoms. The SMILES string of the molecule is CCCCOCCCNC(=O)C1CCCN1C(=O)C1CCN(S(=O)(=O)c2ccc(C)cc2)CC1. The van der Waals surface area contributed by atoms with Crippen molar-refractivity contribution in [3.8, 4) is 0 Å². The first-order chi connectivity index (χ1) is 16.3. The molecular weight excluding hydrogens is 454 g/mol. The van der Waals surface area contributed by atoms with Crippen LogP contribution in [0.15, 0.2) is 29.2 Å². The number of carbonyl (C=O) groups excluding carboxylic acids is 2. The van der Waals surface area contributed by atoms with Crippen molar-refractivity contribution in [2.75, 3.05) is 39.4 Å². The Hall–Kier alpha value is -1.97. The number of unbranched alkanes of at least 4 members (excludes halogenated alkanes) is 1. The maximum atomic E-state index is 13.2. The molecule has 1 atom stereocenters. The Kier molecular flexibility index (Phi) is 9.91. The van der Waals surface area contributed by atoms with Crippen LogP contribution >= 0.6 is 0 Å².